The molecule has 1 amide bonds. The standard InChI is InChI=1S/C10H11N3O3/c1-3-4-7(2)11-10(14)8-5-6-9(12-8)13(15)16/h1,5-7,12H,4H2,2H3,(H,11,14). The van der Waals surface area contributed by atoms with Crippen molar-refractivity contribution in [2.45, 2.75) is 19.4 Å². The molecule has 0 aliphatic rings. The minimum absolute atomic E-state index is 0.149. The van der Waals surface area contributed by atoms with Crippen molar-refractivity contribution in [1.29, 1.82) is 0 Å². The van der Waals surface area contributed by atoms with Gasteiger partial charge in [-0.05, 0) is 17.9 Å². The molecule has 0 aliphatic heterocycles. The maximum atomic E-state index is 11.5. The summed E-state index contributed by atoms with van der Waals surface area (Å²) < 4.78 is 0. The lowest BCUT2D eigenvalue weighted by Crippen LogP contribution is -2.32. The van der Waals surface area contributed by atoms with E-state index < -0.39 is 10.8 Å². The van der Waals surface area contributed by atoms with Gasteiger partial charge in [-0.1, -0.05) is 0 Å². The maximum absolute atomic E-state index is 11.5. The fourth-order valence-corrected chi connectivity index (χ4v) is 1.15. The Bertz CT molecular complexity index is 444. The molecular formula is C10H11N3O3. The van der Waals surface area contributed by atoms with E-state index in [2.05, 4.69) is 16.2 Å². The number of carbonyl (C=O) groups excluding carboxylic acids is 1. The van der Waals surface area contributed by atoms with Crippen molar-refractivity contribution in [3.63, 3.8) is 0 Å². The van der Waals surface area contributed by atoms with Crippen LogP contribution < -0.4 is 5.32 Å². The summed E-state index contributed by atoms with van der Waals surface area (Å²) in [5, 5.41) is 13.0. The minimum Gasteiger partial charge on any atom is -0.358 e. The minimum atomic E-state index is -0.596. The molecule has 1 atom stereocenters. The predicted octanol–water partition coefficient (Wildman–Crippen LogP) is 1.06. The van der Waals surface area contributed by atoms with Gasteiger partial charge < -0.3 is 15.4 Å². The third-order valence-corrected chi connectivity index (χ3v) is 1.91. The number of nitro groups is 1. The van der Waals surface area contributed by atoms with Crippen LogP contribution in [0.5, 0.6) is 0 Å². The van der Waals surface area contributed by atoms with Gasteiger partial charge >= 0.3 is 5.82 Å². The Labute approximate surface area is 92.2 Å². The molecule has 6 nitrogen and oxygen atoms in total. The molecule has 1 heterocycles. The Morgan fingerprint density at radius 1 is 1.75 bits per heavy atom. The molecule has 0 saturated carbocycles. The molecule has 2 N–H and O–H groups in total. The SMILES string of the molecule is C#CCC(C)NC(=O)c1ccc([N+](=O)[O-])[nH]1. The normalized spacial score (nSPS) is 11.5. The molecule has 0 radical (unpaired) electrons. The smallest absolute Gasteiger partial charge is 0.321 e. The topological polar surface area (TPSA) is 88.0 Å². The van der Waals surface area contributed by atoms with E-state index in [1.54, 1.807) is 6.92 Å². The summed E-state index contributed by atoms with van der Waals surface area (Å²) >= 11 is 0. The second kappa shape index (κ2) is 4.98. The molecule has 0 bridgehead atoms. The number of hydrogen-bond donors (Lipinski definition) is 2. The first kappa shape index (κ1) is 11.8. The fraction of sp³-hybridized carbons (Fsp3) is 0.300. The molecule has 1 aromatic heterocycles. The molecular weight excluding hydrogens is 210 g/mol. The molecule has 84 valence electrons. The number of nitrogens with one attached hydrogen (secondary N) is 2. The number of amides is 1. The molecule has 1 aromatic rings. The van der Waals surface area contributed by atoms with E-state index in [4.69, 9.17) is 6.42 Å². The van der Waals surface area contributed by atoms with Gasteiger partial charge in [-0.3, -0.25) is 4.79 Å². The van der Waals surface area contributed by atoms with Crippen LogP contribution in [0.1, 0.15) is 23.8 Å². The highest BCUT2D eigenvalue weighted by atomic mass is 16.6. The van der Waals surface area contributed by atoms with Gasteiger partial charge in [0.05, 0.1) is 0 Å². The monoisotopic (exact) mass is 221 g/mol. The summed E-state index contributed by atoms with van der Waals surface area (Å²) in [5.41, 5.74) is 0.149. The molecule has 1 unspecified atom stereocenters. The van der Waals surface area contributed by atoms with E-state index >= 15 is 0 Å². The van der Waals surface area contributed by atoms with E-state index in [-0.39, 0.29) is 17.6 Å². The van der Waals surface area contributed by atoms with Crippen LogP contribution in [0.15, 0.2) is 12.1 Å². The quantitative estimate of drug-likeness (QED) is 0.452. The lowest BCUT2D eigenvalue weighted by atomic mass is 10.2. The van der Waals surface area contributed by atoms with Crippen molar-refractivity contribution in [3.05, 3.63) is 27.9 Å². The summed E-state index contributed by atoms with van der Waals surface area (Å²) in [6, 6.07) is 2.43. The third-order valence-electron chi connectivity index (χ3n) is 1.91. The fourth-order valence-electron chi connectivity index (χ4n) is 1.15. The van der Waals surface area contributed by atoms with Gasteiger partial charge in [-0.15, -0.1) is 12.3 Å². The van der Waals surface area contributed by atoms with E-state index in [0.717, 1.165) is 0 Å². The largest absolute Gasteiger partial charge is 0.358 e. The van der Waals surface area contributed by atoms with Crippen molar-refractivity contribution in [2.24, 2.45) is 0 Å². The Morgan fingerprint density at radius 2 is 2.44 bits per heavy atom. The number of terminal acetylenes is 1. The summed E-state index contributed by atoms with van der Waals surface area (Å²) in [6.07, 6.45) is 5.50. The van der Waals surface area contributed by atoms with E-state index in [9.17, 15) is 14.9 Å². The highest BCUT2D eigenvalue weighted by molar-refractivity contribution is 5.93. The Balaban J connectivity index is 2.67. The van der Waals surface area contributed by atoms with Gasteiger partial charge in [0.25, 0.3) is 5.91 Å². The lowest BCUT2D eigenvalue weighted by molar-refractivity contribution is -0.389. The Kier molecular flexibility index (Phi) is 3.67. The summed E-state index contributed by atoms with van der Waals surface area (Å²) in [7, 11) is 0. The number of nitrogens with zero attached hydrogens (tertiary/aromatic N) is 1. The van der Waals surface area contributed by atoms with Crippen LogP contribution in [-0.2, 0) is 0 Å². The third kappa shape index (κ3) is 2.85. The predicted molar refractivity (Wildman–Crippen MR) is 57.8 cm³/mol. The molecule has 6 heteroatoms. The molecule has 0 aromatic carbocycles. The maximum Gasteiger partial charge on any atom is 0.321 e. The van der Waals surface area contributed by atoms with Crippen molar-refractivity contribution >= 4 is 11.7 Å². The zero-order valence-corrected chi connectivity index (χ0v) is 8.69. The van der Waals surface area contributed by atoms with Crippen LogP contribution in [0.4, 0.5) is 5.82 Å². The molecule has 0 aliphatic carbocycles. The van der Waals surface area contributed by atoms with E-state index in [0.29, 0.717) is 6.42 Å². The Morgan fingerprint density at radius 3 is 2.94 bits per heavy atom. The van der Waals surface area contributed by atoms with Gasteiger partial charge in [-0.25, -0.2) is 4.98 Å². The first-order chi connectivity index (χ1) is 7.54. The van der Waals surface area contributed by atoms with Crippen LogP contribution in [0.3, 0.4) is 0 Å². The van der Waals surface area contributed by atoms with Crippen LogP contribution in [-0.4, -0.2) is 21.9 Å². The number of H-pyrrole nitrogens is 1. The summed E-state index contributed by atoms with van der Waals surface area (Å²) in [5.74, 6) is 1.79. The van der Waals surface area contributed by atoms with Crippen molar-refractivity contribution < 1.29 is 9.72 Å². The van der Waals surface area contributed by atoms with Gasteiger partial charge in [0.2, 0.25) is 0 Å². The zero-order chi connectivity index (χ0) is 12.1. The Hall–Kier alpha value is -2.29. The number of rotatable bonds is 4. The van der Waals surface area contributed by atoms with Gasteiger partial charge in [0.1, 0.15) is 0 Å². The van der Waals surface area contributed by atoms with Gasteiger partial charge in [0.15, 0.2) is 5.69 Å². The highest BCUT2D eigenvalue weighted by Crippen LogP contribution is 2.09. The van der Waals surface area contributed by atoms with Gasteiger partial charge in [-0.2, -0.15) is 0 Å². The number of carbonyl (C=O) groups is 1. The summed E-state index contributed by atoms with van der Waals surface area (Å²) in [4.78, 5) is 23.7. The van der Waals surface area contributed by atoms with Crippen molar-refractivity contribution in [1.82, 2.24) is 10.3 Å². The highest BCUT2D eigenvalue weighted by Gasteiger charge is 2.16. The first-order valence-corrected chi connectivity index (χ1v) is 4.62. The average molecular weight is 221 g/mol. The molecule has 0 spiro atoms. The number of aromatic amines is 1. The van der Waals surface area contributed by atoms with Crippen molar-refractivity contribution in [2.75, 3.05) is 0 Å². The lowest BCUT2D eigenvalue weighted by Gasteiger charge is -2.08. The van der Waals surface area contributed by atoms with Crippen LogP contribution >= 0.6 is 0 Å². The average Bonchev–Trinajstić information content (AvgIpc) is 2.66. The number of aromatic nitrogens is 1. The second-order valence-electron chi connectivity index (χ2n) is 3.30. The summed E-state index contributed by atoms with van der Waals surface area (Å²) in [6.45, 7) is 1.76. The molecule has 0 fully saturated rings. The zero-order valence-electron chi connectivity index (χ0n) is 8.69. The van der Waals surface area contributed by atoms with Gasteiger partial charge in [0, 0.05) is 18.5 Å². The van der Waals surface area contributed by atoms with Crippen LogP contribution in [0.2, 0.25) is 0 Å². The second-order valence-corrected chi connectivity index (χ2v) is 3.30. The number of hydrogen-bond acceptors (Lipinski definition) is 3. The van der Waals surface area contributed by atoms with Crippen LogP contribution in [0.25, 0.3) is 0 Å². The molecule has 16 heavy (non-hydrogen) atoms. The molecule has 0 saturated heterocycles. The van der Waals surface area contributed by atoms with Crippen molar-refractivity contribution in [3.8, 4) is 12.3 Å². The van der Waals surface area contributed by atoms with Crippen LogP contribution in [0, 0.1) is 22.5 Å². The molecule has 1 rings (SSSR count). The van der Waals surface area contributed by atoms with E-state index in [1.165, 1.54) is 12.1 Å². The first-order valence-electron chi connectivity index (χ1n) is 4.62. The van der Waals surface area contributed by atoms with E-state index in [1.807, 2.05) is 0 Å².